The van der Waals surface area contributed by atoms with Crippen molar-refractivity contribution < 1.29 is 9.53 Å². The fraction of sp³-hybridized carbons (Fsp3) is 0.969. The summed E-state index contributed by atoms with van der Waals surface area (Å²) in [5, 5.41) is 7.51. The highest BCUT2D eigenvalue weighted by Gasteiger charge is 2.60. The number of esters is 1. The number of carbonyl (C=O) groups excluding carboxylic acids is 1. The van der Waals surface area contributed by atoms with Gasteiger partial charge in [-0.2, -0.15) is 0 Å². The van der Waals surface area contributed by atoms with E-state index in [1.165, 1.54) is 77.7 Å². The molecule has 4 N–H and O–H groups in total. The van der Waals surface area contributed by atoms with Crippen LogP contribution in [0, 0.1) is 46.3 Å². The molecule has 0 bridgehead atoms. The van der Waals surface area contributed by atoms with Gasteiger partial charge < -0.3 is 21.1 Å². The lowest BCUT2D eigenvalue weighted by Gasteiger charge is -2.61. The minimum absolute atomic E-state index is 0.0402. The zero-order valence-electron chi connectivity index (χ0n) is 24.7. The van der Waals surface area contributed by atoms with Gasteiger partial charge in [0.15, 0.2) is 0 Å². The molecule has 0 aromatic rings. The topological polar surface area (TPSA) is 76.4 Å². The highest BCUT2D eigenvalue weighted by atomic mass is 16.5. The minimum atomic E-state index is -0.0402. The summed E-state index contributed by atoms with van der Waals surface area (Å²) < 4.78 is 4.93. The third-order valence-electron chi connectivity index (χ3n) is 12.2. The molecule has 4 aliphatic rings. The average molecular weight is 518 g/mol. The van der Waals surface area contributed by atoms with Gasteiger partial charge in [0.25, 0.3) is 0 Å². The largest absolute Gasteiger partial charge is 0.469 e. The van der Waals surface area contributed by atoms with Crippen molar-refractivity contribution in [3.63, 3.8) is 0 Å². The van der Waals surface area contributed by atoms with Crippen LogP contribution >= 0.6 is 0 Å². The number of nitrogens with one attached hydrogen (secondary N) is 2. The molecule has 4 fully saturated rings. The molecule has 37 heavy (non-hydrogen) atoms. The highest BCUT2D eigenvalue weighted by Crippen LogP contribution is 2.68. The first-order valence-corrected chi connectivity index (χ1v) is 16.0. The molecule has 0 saturated heterocycles. The summed E-state index contributed by atoms with van der Waals surface area (Å²) in [4.78, 5) is 11.8. The third kappa shape index (κ3) is 6.40. The second-order valence-electron chi connectivity index (χ2n) is 14.0. The van der Waals surface area contributed by atoms with Gasteiger partial charge in [0, 0.05) is 12.5 Å². The summed E-state index contributed by atoms with van der Waals surface area (Å²) in [5.74, 6) is 5.06. The van der Waals surface area contributed by atoms with Crippen LogP contribution in [0.2, 0.25) is 0 Å². The number of unbranched alkanes of at least 4 members (excludes halogenated alkanes) is 1. The van der Waals surface area contributed by atoms with Crippen LogP contribution in [0.25, 0.3) is 0 Å². The molecule has 4 unspecified atom stereocenters. The van der Waals surface area contributed by atoms with Crippen molar-refractivity contribution in [3.05, 3.63) is 0 Å². The lowest BCUT2D eigenvalue weighted by Crippen LogP contribution is -2.55. The standard InChI is InChI=1S/C32H59N3O2/c1-23(8-13-30(36)37-4)27-11-12-28-26-10-9-24-22-25(35-21-7-20-34-19-6-5-18-33)14-16-31(24,2)29(26)15-17-32(27,28)3/h23-29,34-35H,5-22,33H2,1-4H3/t23?,24-,25+,26?,27+,28?,29?,31-,32+/m0/s1. The van der Waals surface area contributed by atoms with Crippen LogP contribution in [0.3, 0.4) is 0 Å². The van der Waals surface area contributed by atoms with E-state index < -0.39 is 0 Å². The van der Waals surface area contributed by atoms with Gasteiger partial charge in [-0.25, -0.2) is 0 Å². The zero-order chi connectivity index (χ0) is 26.5. The molecule has 4 aliphatic carbocycles. The van der Waals surface area contributed by atoms with E-state index in [0.717, 1.165) is 74.7 Å². The van der Waals surface area contributed by atoms with E-state index in [1.54, 1.807) is 0 Å². The van der Waals surface area contributed by atoms with Crippen molar-refractivity contribution >= 4 is 5.97 Å². The normalized spacial score (nSPS) is 39.9. The summed E-state index contributed by atoms with van der Waals surface area (Å²) in [6.45, 7) is 11.9. The summed E-state index contributed by atoms with van der Waals surface area (Å²) in [7, 11) is 1.52. The highest BCUT2D eigenvalue weighted by molar-refractivity contribution is 5.69. The first kappa shape index (κ1) is 29.3. The van der Waals surface area contributed by atoms with Gasteiger partial charge in [0.2, 0.25) is 0 Å². The van der Waals surface area contributed by atoms with Crippen LogP contribution in [0.15, 0.2) is 0 Å². The molecule has 0 aromatic carbocycles. The predicted octanol–water partition coefficient (Wildman–Crippen LogP) is 5.91. The van der Waals surface area contributed by atoms with Crippen LogP contribution in [-0.2, 0) is 9.53 Å². The van der Waals surface area contributed by atoms with Crippen molar-refractivity contribution in [2.75, 3.05) is 33.3 Å². The van der Waals surface area contributed by atoms with Crippen molar-refractivity contribution in [1.29, 1.82) is 0 Å². The Kier molecular flexibility index (Phi) is 10.4. The zero-order valence-corrected chi connectivity index (χ0v) is 24.7. The molecule has 0 heterocycles. The van der Waals surface area contributed by atoms with Crippen molar-refractivity contribution in [2.45, 2.75) is 117 Å². The first-order valence-electron chi connectivity index (χ1n) is 16.0. The average Bonchev–Trinajstić information content (AvgIpc) is 3.26. The Morgan fingerprint density at radius 3 is 2.49 bits per heavy atom. The molecule has 4 rings (SSSR count). The maximum Gasteiger partial charge on any atom is 0.305 e. The summed E-state index contributed by atoms with van der Waals surface area (Å²) in [6.07, 6.45) is 17.9. The van der Waals surface area contributed by atoms with Gasteiger partial charge in [-0.3, -0.25) is 4.79 Å². The van der Waals surface area contributed by atoms with Crippen LogP contribution in [0.5, 0.6) is 0 Å². The number of ether oxygens (including phenoxy) is 1. The van der Waals surface area contributed by atoms with E-state index in [2.05, 4.69) is 31.4 Å². The Bertz CT molecular complexity index is 731. The number of rotatable bonds is 13. The first-order chi connectivity index (χ1) is 17.8. The van der Waals surface area contributed by atoms with Gasteiger partial charge in [0.05, 0.1) is 7.11 Å². The second kappa shape index (κ2) is 13.1. The Hall–Kier alpha value is -0.650. The van der Waals surface area contributed by atoms with Crippen molar-refractivity contribution in [3.8, 4) is 0 Å². The molecule has 0 radical (unpaired) electrons. The Balaban J connectivity index is 1.27. The van der Waals surface area contributed by atoms with E-state index in [9.17, 15) is 4.79 Å². The monoisotopic (exact) mass is 517 g/mol. The summed E-state index contributed by atoms with van der Waals surface area (Å²) >= 11 is 0. The number of nitrogens with two attached hydrogens (primary N) is 1. The summed E-state index contributed by atoms with van der Waals surface area (Å²) in [5.41, 5.74) is 6.62. The fourth-order valence-electron chi connectivity index (χ4n) is 10.1. The molecule has 0 aromatic heterocycles. The molecular formula is C32H59N3O2. The molecule has 0 aliphatic heterocycles. The lowest BCUT2D eigenvalue weighted by molar-refractivity contribution is -0.141. The van der Waals surface area contributed by atoms with Crippen LogP contribution in [0.4, 0.5) is 0 Å². The SMILES string of the molecule is COC(=O)CCC(C)[C@H]1CCC2C3CC[C@H]4C[C@H](NCCCNCCCCN)CC[C@]4(C)C3CC[C@@]21C. The molecular weight excluding hydrogens is 458 g/mol. The van der Waals surface area contributed by atoms with Crippen LogP contribution in [-0.4, -0.2) is 45.3 Å². The second-order valence-corrected chi connectivity index (χ2v) is 14.0. The van der Waals surface area contributed by atoms with Gasteiger partial charge in [-0.15, -0.1) is 0 Å². The maximum absolute atomic E-state index is 11.8. The molecule has 5 nitrogen and oxygen atoms in total. The van der Waals surface area contributed by atoms with Gasteiger partial charge in [-0.1, -0.05) is 20.8 Å². The molecule has 5 heteroatoms. The Morgan fingerprint density at radius 2 is 1.70 bits per heavy atom. The Morgan fingerprint density at radius 1 is 0.946 bits per heavy atom. The maximum atomic E-state index is 11.8. The van der Waals surface area contributed by atoms with Crippen LogP contribution in [0.1, 0.15) is 111 Å². The van der Waals surface area contributed by atoms with E-state index in [-0.39, 0.29) is 5.97 Å². The number of fused-ring (bicyclic) bond motifs is 5. The summed E-state index contributed by atoms with van der Waals surface area (Å²) in [6, 6.07) is 0.729. The minimum Gasteiger partial charge on any atom is -0.469 e. The van der Waals surface area contributed by atoms with Crippen molar-refractivity contribution in [2.24, 2.45) is 52.1 Å². The lowest BCUT2D eigenvalue weighted by atomic mass is 9.44. The molecule has 4 saturated carbocycles. The molecule has 0 spiro atoms. The number of carbonyl (C=O) groups is 1. The van der Waals surface area contributed by atoms with Gasteiger partial charge in [-0.05, 0) is 156 Å². The van der Waals surface area contributed by atoms with E-state index in [4.69, 9.17) is 10.5 Å². The quantitative estimate of drug-likeness (QED) is 0.209. The number of hydrogen-bond acceptors (Lipinski definition) is 5. The van der Waals surface area contributed by atoms with Crippen molar-refractivity contribution in [1.82, 2.24) is 10.6 Å². The van der Waals surface area contributed by atoms with E-state index >= 15 is 0 Å². The smallest absolute Gasteiger partial charge is 0.305 e. The van der Waals surface area contributed by atoms with Gasteiger partial charge >= 0.3 is 5.97 Å². The third-order valence-corrected chi connectivity index (χ3v) is 12.2. The Labute approximate surface area is 228 Å². The van der Waals surface area contributed by atoms with E-state index in [1.807, 2.05) is 0 Å². The van der Waals surface area contributed by atoms with Gasteiger partial charge in [0.1, 0.15) is 0 Å². The predicted molar refractivity (Wildman–Crippen MR) is 153 cm³/mol. The number of methoxy groups -OCH3 is 1. The van der Waals surface area contributed by atoms with E-state index in [0.29, 0.717) is 23.2 Å². The molecule has 9 atom stereocenters. The molecule has 214 valence electrons. The van der Waals surface area contributed by atoms with Crippen LogP contribution < -0.4 is 16.4 Å². The fourth-order valence-corrected chi connectivity index (χ4v) is 10.1. The molecule has 0 amide bonds. The number of hydrogen-bond donors (Lipinski definition) is 3.